The lowest BCUT2D eigenvalue weighted by Crippen LogP contribution is -2.09. The van der Waals surface area contributed by atoms with Crippen LogP contribution >= 0.6 is 0 Å². The molecule has 1 aromatic heterocycles. The van der Waals surface area contributed by atoms with Crippen LogP contribution < -0.4 is 4.74 Å². The van der Waals surface area contributed by atoms with Gasteiger partial charge in [0.15, 0.2) is 0 Å². The minimum atomic E-state index is -2.81. The Labute approximate surface area is 75.3 Å². The number of alkyl halides is 2. The second-order valence-corrected chi connectivity index (χ2v) is 2.64. The molecule has 0 spiro atoms. The van der Waals surface area contributed by atoms with Gasteiger partial charge >= 0.3 is 6.61 Å². The quantitative estimate of drug-likeness (QED) is 0.724. The molecule has 0 saturated carbocycles. The standard InChI is InChI=1S/C8H11F2N2O/c1-3-4-12-7(13-8(9)10)6(2)5-11-12/h8H,3-4H2,1-2H3. The molecule has 1 rings (SSSR count). The van der Waals surface area contributed by atoms with Gasteiger partial charge in [0.1, 0.15) is 6.20 Å². The van der Waals surface area contributed by atoms with Crippen LogP contribution in [0.15, 0.2) is 0 Å². The molecular formula is C8H11F2N2O. The van der Waals surface area contributed by atoms with Crippen LogP contribution in [0.3, 0.4) is 0 Å². The van der Waals surface area contributed by atoms with Crippen LogP contribution in [0.25, 0.3) is 0 Å². The van der Waals surface area contributed by atoms with Crippen molar-refractivity contribution in [3.8, 4) is 5.88 Å². The van der Waals surface area contributed by atoms with Crippen LogP contribution in [0, 0.1) is 13.1 Å². The van der Waals surface area contributed by atoms with E-state index in [9.17, 15) is 8.78 Å². The molecule has 0 bridgehead atoms. The van der Waals surface area contributed by atoms with Crippen molar-refractivity contribution in [1.82, 2.24) is 9.78 Å². The molecule has 3 nitrogen and oxygen atoms in total. The molecule has 5 heteroatoms. The summed E-state index contributed by atoms with van der Waals surface area (Å²) in [7, 11) is 0. The number of aryl methyl sites for hydroxylation is 2. The van der Waals surface area contributed by atoms with Gasteiger partial charge in [0.05, 0.1) is 0 Å². The Hall–Kier alpha value is -1.13. The number of hydrogen-bond acceptors (Lipinski definition) is 2. The third kappa shape index (κ3) is 2.40. The molecule has 0 saturated heterocycles. The Morgan fingerprint density at radius 2 is 2.31 bits per heavy atom. The monoisotopic (exact) mass is 189 g/mol. The first-order valence-electron chi connectivity index (χ1n) is 4.05. The van der Waals surface area contributed by atoms with E-state index < -0.39 is 6.61 Å². The SMILES string of the molecule is CCCn1n[c]c(C)c1OC(F)F. The first-order valence-corrected chi connectivity index (χ1v) is 4.05. The highest BCUT2D eigenvalue weighted by molar-refractivity contribution is 5.21. The molecule has 0 aliphatic heterocycles. The summed E-state index contributed by atoms with van der Waals surface area (Å²) in [6.45, 7) is 1.33. The summed E-state index contributed by atoms with van der Waals surface area (Å²) < 4.78 is 29.5. The van der Waals surface area contributed by atoms with Crippen LogP contribution in [-0.2, 0) is 6.54 Å². The van der Waals surface area contributed by atoms with E-state index in [4.69, 9.17) is 0 Å². The molecule has 0 N–H and O–H groups in total. The number of hydrogen-bond donors (Lipinski definition) is 0. The maximum absolute atomic E-state index is 11.9. The second-order valence-electron chi connectivity index (χ2n) is 2.64. The van der Waals surface area contributed by atoms with E-state index in [1.54, 1.807) is 6.92 Å². The lowest BCUT2D eigenvalue weighted by molar-refractivity contribution is -0.0563. The third-order valence-corrected chi connectivity index (χ3v) is 1.53. The summed E-state index contributed by atoms with van der Waals surface area (Å²) in [5, 5.41) is 3.79. The fourth-order valence-corrected chi connectivity index (χ4v) is 1.02. The van der Waals surface area contributed by atoms with Gasteiger partial charge in [-0.15, -0.1) is 0 Å². The Morgan fingerprint density at radius 1 is 1.62 bits per heavy atom. The highest BCUT2D eigenvalue weighted by atomic mass is 19.3. The Morgan fingerprint density at radius 3 is 2.85 bits per heavy atom. The number of ether oxygens (including phenoxy) is 1. The van der Waals surface area contributed by atoms with Gasteiger partial charge in [-0.2, -0.15) is 13.9 Å². The smallest absolute Gasteiger partial charge is 0.388 e. The minimum absolute atomic E-state index is 0.108. The van der Waals surface area contributed by atoms with E-state index in [2.05, 4.69) is 16.0 Å². The molecule has 0 aliphatic carbocycles. The lowest BCUT2D eigenvalue weighted by Gasteiger charge is -2.07. The second kappa shape index (κ2) is 4.20. The summed E-state index contributed by atoms with van der Waals surface area (Å²) >= 11 is 0. The van der Waals surface area contributed by atoms with Crippen LogP contribution in [-0.4, -0.2) is 16.4 Å². The van der Waals surface area contributed by atoms with Gasteiger partial charge in [-0.3, -0.25) is 0 Å². The molecule has 13 heavy (non-hydrogen) atoms. The molecule has 0 unspecified atom stereocenters. The van der Waals surface area contributed by atoms with Crippen molar-refractivity contribution < 1.29 is 13.5 Å². The molecule has 0 aliphatic rings. The van der Waals surface area contributed by atoms with Gasteiger partial charge < -0.3 is 4.74 Å². The van der Waals surface area contributed by atoms with Gasteiger partial charge in [-0.25, -0.2) is 4.68 Å². The number of nitrogens with zero attached hydrogens (tertiary/aromatic N) is 2. The van der Waals surface area contributed by atoms with Crippen LogP contribution in [0.1, 0.15) is 18.9 Å². The topological polar surface area (TPSA) is 27.1 Å². The van der Waals surface area contributed by atoms with Crippen LogP contribution in [0.5, 0.6) is 5.88 Å². The van der Waals surface area contributed by atoms with Gasteiger partial charge in [0.25, 0.3) is 0 Å². The van der Waals surface area contributed by atoms with E-state index >= 15 is 0 Å². The predicted molar refractivity (Wildman–Crippen MR) is 42.7 cm³/mol. The number of halogens is 2. The van der Waals surface area contributed by atoms with E-state index in [1.165, 1.54) is 4.68 Å². The highest BCUT2D eigenvalue weighted by Crippen LogP contribution is 2.18. The van der Waals surface area contributed by atoms with Gasteiger partial charge in [0.2, 0.25) is 5.88 Å². The van der Waals surface area contributed by atoms with Crippen LogP contribution in [0.2, 0.25) is 0 Å². The number of aromatic nitrogens is 2. The van der Waals surface area contributed by atoms with Crippen molar-refractivity contribution >= 4 is 0 Å². The molecule has 1 aromatic rings. The molecule has 1 radical (unpaired) electrons. The normalized spacial score (nSPS) is 10.8. The first-order chi connectivity index (χ1) is 6.15. The fraction of sp³-hybridized carbons (Fsp3) is 0.625. The van der Waals surface area contributed by atoms with Crippen molar-refractivity contribution in [2.45, 2.75) is 33.4 Å². The zero-order chi connectivity index (χ0) is 9.84. The van der Waals surface area contributed by atoms with Gasteiger partial charge in [-0.1, -0.05) is 6.92 Å². The maximum atomic E-state index is 11.9. The molecule has 73 valence electrons. The summed E-state index contributed by atoms with van der Waals surface area (Å²) in [6, 6.07) is 0. The van der Waals surface area contributed by atoms with Crippen molar-refractivity contribution in [2.24, 2.45) is 0 Å². The van der Waals surface area contributed by atoms with Crippen molar-refractivity contribution in [1.29, 1.82) is 0 Å². The zero-order valence-electron chi connectivity index (χ0n) is 7.55. The average molecular weight is 189 g/mol. The Bertz CT molecular complexity index is 273. The Kier molecular flexibility index (Phi) is 3.22. The van der Waals surface area contributed by atoms with Gasteiger partial charge in [-0.05, 0) is 13.3 Å². The summed E-state index contributed by atoms with van der Waals surface area (Å²) in [5.74, 6) is 0.108. The summed E-state index contributed by atoms with van der Waals surface area (Å²) in [4.78, 5) is 0. The van der Waals surface area contributed by atoms with E-state index in [0.29, 0.717) is 12.1 Å². The van der Waals surface area contributed by atoms with Crippen LogP contribution in [0.4, 0.5) is 8.78 Å². The largest absolute Gasteiger partial charge is 0.417 e. The third-order valence-electron chi connectivity index (χ3n) is 1.53. The maximum Gasteiger partial charge on any atom is 0.388 e. The summed E-state index contributed by atoms with van der Waals surface area (Å²) in [6.07, 6.45) is 3.40. The molecule has 1 heterocycles. The van der Waals surface area contributed by atoms with E-state index in [0.717, 1.165) is 6.42 Å². The number of rotatable bonds is 4. The molecular weight excluding hydrogens is 178 g/mol. The summed E-state index contributed by atoms with van der Waals surface area (Å²) in [5.41, 5.74) is 0.508. The molecule has 0 fully saturated rings. The molecule has 0 atom stereocenters. The first kappa shape index (κ1) is 9.95. The van der Waals surface area contributed by atoms with Gasteiger partial charge in [0, 0.05) is 12.1 Å². The zero-order valence-corrected chi connectivity index (χ0v) is 7.55. The highest BCUT2D eigenvalue weighted by Gasteiger charge is 2.13. The average Bonchev–Trinajstić information content (AvgIpc) is 2.36. The molecule has 0 amide bonds. The Balaban J connectivity index is 2.81. The van der Waals surface area contributed by atoms with Crippen molar-refractivity contribution in [2.75, 3.05) is 0 Å². The van der Waals surface area contributed by atoms with Crippen molar-refractivity contribution in [3.05, 3.63) is 11.8 Å². The molecule has 0 aromatic carbocycles. The van der Waals surface area contributed by atoms with Crippen molar-refractivity contribution in [3.63, 3.8) is 0 Å². The predicted octanol–water partition coefficient (Wildman–Crippen LogP) is 2.00. The van der Waals surface area contributed by atoms with E-state index in [1.807, 2.05) is 6.92 Å². The lowest BCUT2D eigenvalue weighted by atomic mass is 10.4. The fourth-order valence-electron chi connectivity index (χ4n) is 1.02. The van der Waals surface area contributed by atoms with E-state index in [-0.39, 0.29) is 5.88 Å². The minimum Gasteiger partial charge on any atom is -0.417 e.